The summed E-state index contributed by atoms with van der Waals surface area (Å²) in [5, 5.41) is 3.54. The van der Waals surface area contributed by atoms with Gasteiger partial charge in [-0.15, -0.1) is 0 Å². The number of hydrogen-bond acceptors (Lipinski definition) is 3. The van der Waals surface area contributed by atoms with Gasteiger partial charge in [-0.05, 0) is 59.9 Å². The van der Waals surface area contributed by atoms with Crippen molar-refractivity contribution in [1.82, 2.24) is 15.2 Å². The number of halogens is 1. The van der Waals surface area contributed by atoms with E-state index in [1.165, 1.54) is 31.4 Å². The van der Waals surface area contributed by atoms with Crippen molar-refractivity contribution in [1.29, 1.82) is 0 Å². The first-order valence-corrected chi connectivity index (χ1v) is 7.63. The minimum Gasteiger partial charge on any atom is -0.315 e. The van der Waals surface area contributed by atoms with E-state index in [0.717, 1.165) is 24.1 Å². The van der Waals surface area contributed by atoms with Gasteiger partial charge in [-0.1, -0.05) is 6.92 Å². The first-order valence-electron chi connectivity index (χ1n) is 6.83. The summed E-state index contributed by atoms with van der Waals surface area (Å²) in [6.45, 7) is 6.69. The molecule has 100 valence electrons. The molecule has 0 amide bonds. The lowest BCUT2D eigenvalue weighted by molar-refractivity contribution is 0.239. The quantitative estimate of drug-likeness (QED) is 0.819. The van der Waals surface area contributed by atoms with Crippen molar-refractivity contribution < 1.29 is 0 Å². The van der Waals surface area contributed by atoms with Crippen LogP contribution in [-0.4, -0.2) is 35.6 Å². The van der Waals surface area contributed by atoms with Gasteiger partial charge < -0.3 is 5.32 Å². The number of pyridine rings is 1. The maximum atomic E-state index is 4.24. The molecule has 1 N–H and O–H groups in total. The molecule has 0 aromatic carbocycles. The molecule has 1 fully saturated rings. The Balaban J connectivity index is 1.87. The predicted octanol–water partition coefficient (Wildman–Crippen LogP) is 2.81. The van der Waals surface area contributed by atoms with Crippen molar-refractivity contribution in [3.63, 3.8) is 0 Å². The Hall–Kier alpha value is -0.450. The van der Waals surface area contributed by atoms with Crippen LogP contribution >= 0.6 is 15.9 Å². The summed E-state index contributed by atoms with van der Waals surface area (Å²) < 4.78 is 1.07. The van der Waals surface area contributed by atoms with Crippen LogP contribution < -0.4 is 5.32 Å². The van der Waals surface area contributed by atoms with Crippen molar-refractivity contribution in [3.05, 3.63) is 28.5 Å². The Morgan fingerprint density at radius 3 is 3.17 bits per heavy atom. The SMILES string of the molecule is CCCNCC1CCCN1Cc1cncc(Br)c1. The van der Waals surface area contributed by atoms with Gasteiger partial charge in [0.05, 0.1) is 0 Å². The van der Waals surface area contributed by atoms with Crippen LogP contribution in [0.25, 0.3) is 0 Å². The molecule has 0 spiro atoms. The van der Waals surface area contributed by atoms with Crippen molar-refractivity contribution in [3.8, 4) is 0 Å². The van der Waals surface area contributed by atoms with Crippen LogP contribution in [0.15, 0.2) is 22.9 Å². The molecule has 1 saturated heterocycles. The first-order chi connectivity index (χ1) is 8.79. The second-order valence-electron chi connectivity index (χ2n) is 4.98. The largest absolute Gasteiger partial charge is 0.315 e. The van der Waals surface area contributed by atoms with Gasteiger partial charge in [-0.2, -0.15) is 0 Å². The molecule has 2 heterocycles. The molecule has 1 aliphatic heterocycles. The number of nitrogens with one attached hydrogen (secondary N) is 1. The molecule has 0 radical (unpaired) electrons. The number of nitrogens with zero attached hydrogens (tertiary/aromatic N) is 2. The Kier molecular flexibility index (Phi) is 5.60. The van der Waals surface area contributed by atoms with Gasteiger partial charge in [-0.25, -0.2) is 0 Å². The monoisotopic (exact) mass is 311 g/mol. The zero-order valence-corrected chi connectivity index (χ0v) is 12.6. The van der Waals surface area contributed by atoms with E-state index in [4.69, 9.17) is 0 Å². The zero-order valence-electron chi connectivity index (χ0n) is 11.0. The van der Waals surface area contributed by atoms with Crippen LogP contribution in [0.4, 0.5) is 0 Å². The van der Waals surface area contributed by atoms with E-state index in [-0.39, 0.29) is 0 Å². The Bertz CT molecular complexity index is 370. The summed E-state index contributed by atoms with van der Waals surface area (Å²) in [7, 11) is 0. The van der Waals surface area contributed by atoms with Crippen LogP contribution in [0.2, 0.25) is 0 Å². The van der Waals surface area contributed by atoms with Crippen LogP contribution in [0, 0.1) is 0 Å². The van der Waals surface area contributed by atoms with Crippen molar-refractivity contribution in [2.24, 2.45) is 0 Å². The van der Waals surface area contributed by atoms with Gasteiger partial charge in [0, 0.05) is 36.0 Å². The average Bonchev–Trinajstić information content (AvgIpc) is 2.77. The van der Waals surface area contributed by atoms with Crippen molar-refractivity contribution in [2.45, 2.75) is 38.8 Å². The molecule has 1 aromatic heterocycles. The van der Waals surface area contributed by atoms with Gasteiger partial charge in [0.15, 0.2) is 0 Å². The van der Waals surface area contributed by atoms with Gasteiger partial charge in [-0.3, -0.25) is 9.88 Å². The van der Waals surface area contributed by atoms with E-state index in [2.05, 4.69) is 44.1 Å². The van der Waals surface area contributed by atoms with E-state index in [9.17, 15) is 0 Å². The highest BCUT2D eigenvalue weighted by Gasteiger charge is 2.23. The number of aromatic nitrogens is 1. The highest BCUT2D eigenvalue weighted by molar-refractivity contribution is 9.10. The fourth-order valence-corrected chi connectivity index (χ4v) is 2.97. The third kappa shape index (κ3) is 4.04. The number of rotatable bonds is 6. The summed E-state index contributed by atoms with van der Waals surface area (Å²) in [5.41, 5.74) is 1.30. The minimum atomic E-state index is 0.690. The van der Waals surface area contributed by atoms with Gasteiger partial charge in [0.1, 0.15) is 0 Å². The molecule has 3 nitrogen and oxygen atoms in total. The fraction of sp³-hybridized carbons (Fsp3) is 0.643. The van der Waals surface area contributed by atoms with E-state index >= 15 is 0 Å². The molecule has 0 aliphatic carbocycles. The third-order valence-electron chi connectivity index (χ3n) is 3.45. The molecular weight excluding hydrogens is 290 g/mol. The van der Waals surface area contributed by atoms with Crippen LogP contribution in [0.3, 0.4) is 0 Å². The summed E-state index contributed by atoms with van der Waals surface area (Å²) >= 11 is 3.48. The van der Waals surface area contributed by atoms with Gasteiger partial charge in [0.2, 0.25) is 0 Å². The lowest BCUT2D eigenvalue weighted by atomic mass is 10.2. The minimum absolute atomic E-state index is 0.690. The normalized spacial score (nSPS) is 20.4. The van der Waals surface area contributed by atoms with Crippen LogP contribution in [0.5, 0.6) is 0 Å². The lowest BCUT2D eigenvalue weighted by Crippen LogP contribution is -2.37. The standard InChI is InChI=1S/C14H22BrN3/c1-2-5-16-10-14-4-3-6-18(14)11-12-7-13(15)9-17-8-12/h7-9,14,16H,2-6,10-11H2,1H3. The molecule has 18 heavy (non-hydrogen) atoms. The molecule has 0 bridgehead atoms. The van der Waals surface area contributed by atoms with E-state index in [1.54, 1.807) is 0 Å². The molecule has 4 heteroatoms. The van der Waals surface area contributed by atoms with Crippen molar-refractivity contribution >= 4 is 15.9 Å². The topological polar surface area (TPSA) is 28.2 Å². The van der Waals surface area contributed by atoms with Crippen molar-refractivity contribution in [2.75, 3.05) is 19.6 Å². The predicted molar refractivity (Wildman–Crippen MR) is 78.5 cm³/mol. The Morgan fingerprint density at radius 2 is 2.39 bits per heavy atom. The average molecular weight is 312 g/mol. The van der Waals surface area contributed by atoms with E-state index < -0.39 is 0 Å². The zero-order chi connectivity index (χ0) is 12.8. The summed E-state index contributed by atoms with van der Waals surface area (Å²) in [6.07, 6.45) is 7.66. The summed E-state index contributed by atoms with van der Waals surface area (Å²) in [4.78, 5) is 6.81. The van der Waals surface area contributed by atoms with Crippen LogP contribution in [-0.2, 0) is 6.54 Å². The first kappa shape index (κ1) is 14.0. The number of likely N-dealkylation sites (tertiary alicyclic amines) is 1. The molecule has 1 unspecified atom stereocenters. The Labute approximate surface area is 118 Å². The second-order valence-corrected chi connectivity index (χ2v) is 5.90. The van der Waals surface area contributed by atoms with Crippen LogP contribution in [0.1, 0.15) is 31.7 Å². The summed E-state index contributed by atoms with van der Waals surface area (Å²) in [6, 6.07) is 2.86. The second kappa shape index (κ2) is 7.22. The molecule has 1 aliphatic rings. The molecule has 2 rings (SSSR count). The molecule has 0 saturated carbocycles. The van der Waals surface area contributed by atoms with E-state index in [1.807, 2.05) is 12.4 Å². The lowest BCUT2D eigenvalue weighted by Gasteiger charge is -2.24. The smallest absolute Gasteiger partial charge is 0.0410 e. The molecule has 1 aromatic rings. The van der Waals surface area contributed by atoms with E-state index in [0.29, 0.717) is 6.04 Å². The van der Waals surface area contributed by atoms with Gasteiger partial charge in [0.25, 0.3) is 0 Å². The highest BCUT2D eigenvalue weighted by atomic mass is 79.9. The third-order valence-corrected chi connectivity index (χ3v) is 3.89. The summed E-state index contributed by atoms with van der Waals surface area (Å²) in [5.74, 6) is 0. The molecule has 1 atom stereocenters. The fourth-order valence-electron chi connectivity index (χ4n) is 2.56. The maximum absolute atomic E-state index is 4.24. The molecular formula is C14H22BrN3. The number of hydrogen-bond donors (Lipinski definition) is 1. The highest BCUT2D eigenvalue weighted by Crippen LogP contribution is 2.20. The van der Waals surface area contributed by atoms with Gasteiger partial charge >= 0.3 is 0 Å². The maximum Gasteiger partial charge on any atom is 0.0410 e. The Morgan fingerprint density at radius 1 is 1.50 bits per heavy atom.